The van der Waals surface area contributed by atoms with E-state index in [1.165, 1.54) is 11.8 Å². The average Bonchev–Trinajstić information content (AvgIpc) is 3.25. The lowest BCUT2D eigenvalue weighted by Crippen LogP contribution is -2.22. The molecule has 0 radical (unpaired) electrons. The average molecular weight is 455 g/mol. The quantitative estimate of drug-likeness (QED) is 0.257. The first-order valence-electron chi connectivity index (χ1n) is 10.7. The number of thioether (sulfide) groups is 1. The van der Waals surface area contributed by atoms with Crippen molar-refractivity contribution in [3.8, 4) is 5.69 Å². The van der Waals surface area contributed by atoms with Gasteiger partial charge in [-0.3, -0.25) is 9.36 Å². The number of nitrogens with zero attached hydrogens (tertiary/aromatic N) is 4. The second-order valence-corrected chi connectivity index (χ2v) is 8.90. The summed E-state index contributed by atoms with van der Waals surface area (Å²) < 4.78 is 7.14. The first-order chi connectivity index (χ1) is 16.1. The number of hydrogen-bond acceptors (Lipinski definition) is 6. The molecule has 0 fully saturated rings. The number of hydrogen-bond donors (Lipinski definition) is 0. The van der Waals surface area contributed by atoms with Gasteiger partial charge in [0.1, 0.15) is 0 Å². The van der Waals surface area contributed by atoms with Gasteiger partial charge < -0.3 is 4.52 Å². The van der Waals surface area contributed by atoms with Gasteiger partial charge in [0.2, 0.25) is 5.89 Å². The van der Waals surface area contributed by atoms with Crippen LogP contribution < -0.4 is 5.56 Å². The van der Waals surface area contributed by atoms with E-state index in [-0.39, 0.29) is 5.56 Å². The van der Waals surface area contributed by atoms with Crippen molar-refractivity contribution in [2.75, 3.05) is 0 Å². The van der Waals surface area contributed by atoms with Crippen molar-refractivity contribution >= 4 is 22.7 Å². The third-order valence-electron chi connectivity index (χ3n) is 5.25. The van der Waals surface area contributed by atoms with Gasteiger partial charge in [-0.15, -0.1) is 0 Å². The van der Waals surface area contributed by atoms with E-state index in [0.717, 1.165) is 22.4 Å². The predicted molar refractivity (Wildman–Crippen MR) is 130 cm³/mol. The molecule has 0 bridgehead atoms. The van der Waals surface area contributed by atoms with Crippen LogP contribution >= 0.6 is 11.8 Å². The largest absolute Gasteiger partial charge is 0.338 e. The summed E-state index contributed by atoms with van der Waals surface area (Å²) in [6.45, 7) is 4.05. The maximum atomic E-state index is 13.4. The van der Waals surface area contributed by atoms with Gasteiger partial charge in [0.25, 0.3) is 5.56 Å². The van der Waals surface area contributed by atoms with Crippen molar-refractivity contribution in [3.05, 3.63) is 112 Å². The molecule has 0 N–H and O–H groups in total. The minimum Gasteiger partial charge on any atom is -0.338 e. The summed E-state index contributed by atoms with van der Waals surface area (Å²) in [5.74, 6) is 1.55. The van der Waals surface area contributed by atoms with E-state index in [0.29, 0.717) is 39.9 Å². The number of aryl methyl sites for hydroxylation is 2. The maximum absolute atomic E-state index is 13.4. The Labute approximate surface area is 195 Å². The minimum atomic E-state index is -0.0941. The lowest BCUT2D eigenvalue weighted by atomic mass is 10.1. The van der Waals surface area contributed by atoms with Gasteiger partial charge in [0, 0.05) is 6.42 Å². The molecule has 0 aliphatic rings. The highest BCUT2D eigenvalue weighted by Crippen LogP contribution is 2.25. The maximum Gasteiger partial charge on any atom is 0.266 e. The SMILES string of the molecule is Cc1cc(C)cc(-n2c(SCc3nc(Cc4ccccc4)no3)nc3ccccc3c2=O)c1. The van der Waals surface area contributed by atoms with Crippen molar-refractivity contribution in [3.63, 3.8) is 0 Å². The molecular formula is C26H22N4O2S. The highest BCUT2D eigenvalue weighted by molar-refractivity contribution is 7.98. The molecule has 5 rings (SSSR count). The zero-order chi connectivity index (χ0) is 22.8. The van der Waals surface area contributed by atoms with Crippen LogP contribution in [0, 0.1) is 13.8 Å². The molecule has 0 atom stereocenters. The van der Waals surface area contributed by atoms with Crippen LogP contribution in [0.3, 0.4) is 0 Å². The molecular weight excluding hydrogens is 432 g/mol. The van der Waals surface area contributed by atoms with Crippen LogP contribution in [0.2, 0.25) is 0 Å². The fraction of sp³-hybridized carbons (Fsp3) is 0.154. The molecule has 7 heteroatoms. The van der Waals surface area contributed by atoms with Gasteiger partial charge in [0.15, 0.2) is 11.0 Å². The number of rotatable bonds is 6. The Morgan fingerprint density at radius 1 is 0.909 bits per heavy atom. The topological polar surface area (TPSA) is 73.8 Å². The summed E-state index contributed by atoms with van der Waals surface area (Å²) in [7, 11) is 0. The number of para-hydroxylation sites is 1. The van der Waals surface area contributed by atoms with Gasteiger partial charge in [0.05, 0.1) is 22.3 Å². The molecule has 0 aliphatic carbocycles. The molecule has 0 aliphatic heterocycles. The van der Waals surface area contributed by atoms with E-state index in [9.17, 15) is 4.79 Å². The Morgan fingerprint density at radius 3 is 2.42 bits per heavy atom. The van der Waals surface area contributed by atoms with Crippen LogP contribution in [0.25, 0.3) is 16.6 Å². The van der Waals surface area contributed by atoms with E-state index in [1.54, 1.807) is 4.57 Å². The van der Waals surface area contributed by atoms with E-state index >= 15 is 0 Å². The summed E-state index contributed by atoms with van der Waals surface area (Å²) in [5.41, 5.74) is 4.67. The van der Waals surface area contributed by atoms with Crippen LogP contribution in [-0.4, -0.2) is 19.7 Å². The lowest BCUT2D eigenvalue weighted by molar-refractivity contribution is 0.385. The minimum absolute atomic E-state index is 0.0941. The lowest BCUT2D eigenvalue weighted by Gasteiger charge is -2.14. The Morgan fingerprint density at radius 2 is 1.64 bits per heavy atom. The first-order valence-corrected chi connectivity index (χ1v) is 11.6. The van der Waals surface area contributed by atoms with Gasteiger partial charge in [-0.2, -0.15) is 4.98 Å². The normalized spacial score (nSPS) is 11.2. The fourth-order valence-electron chi connectivity index (χ4n) is 3.84. The fourth-order valence-corrected chi connectivity index (χ4v) is 4.69. The van der Waals surface area contributed by atoms with E-state index in [2.05, 4.69) is 16.2 Å². The van der Waals surface area contributed by atoms with Crippen LogP contribution in [-0.2, 0) is 12.2 Å². The molecule has 0 unspecified atom stereocenters. The smallest absolute Gasteiger partial charge is 0.266 e. The summed E-state index contributed by atoms with van der Waals surface area (Å²) in [6.07, 6.45) is 0.608. The molecule has 0 saturated carbocycles. The summed E-state index contributed by atoms with van der Waals surface area (Å²) in [5, 5.41) is 5.28. The Hall–Kier alpha value is -3.71. The standard InChI is InChI=1S/C26H22N4O2S/c1-17-12-18(2)14-20(13-17)30-25(31)21-10-6-7-11-22(21)27-26(30)33-16-24-28-23(29-32-24)15-19-8-4-3-5-9-19/h3-14H,15-16H2,1-2H3. The first kappa shape index (κ1) is 21.2. The van der Waals surface area contributed by atoms with Crippen molar-refractivity contribution < 1.29 is 4.52 Å². The predicted octanol–water partition coefficient (Wildman–Crippen LogP) is 5.27. The summed E-state index contributed by atoms with van der Waals surface area (Å²) in [4.78, 5) is 22.8. The summed E-state index contributed by atoms with van der Waals surface area (Å²) >= 11 is 1.41. The third-order valence-corrected chi connectivity index (χ3v) is 6.17. The number of fused-ring (bicyclic) bond motifs is 1. The second-order valence-electron chi connectivity index (χ2n) is 7.95. The van der Waals surface area contributed by atoms with Gasteiger partial charge >= 0.3 is 0 Å². The van der Waals surface area contributed by atoms with E-state index in [4.69, 9.17) is 9.51 Å². The van der Waals surface area contributed by atoms with Crippen molar-refractivity contribution in [2.24, 2.45) is 0 Å². The highest BCUT2D eigenvalue weighted by atomic mass is 32.2. The molecule has 5 aromatic rings. The van der Waals surface area contributed by atoms with Crippen LogP contribution in [0.4, 0.5) is 0 Å². The highest BCUT2D eigenvalue weighted by Gasteiger charge is 2.16. The van der Waals surface area contributed by atoms with Crippen LogP contribution in [0.5, 0.6) is 0 Å². The Kier molecular flexibility index (Phi) is 5.79. The molecule has 164 valence electrons. The zero-order valence-corrected chi connectivity index (χ0v) is 19.2. The van der Waals surface area contributed by atoms with E-state index < -0.39 is 0 Å². The zero-order valence-electron chi connectivity index (χ0n) is 18.4. The van der Waals surface area contributed by atoms with E-state index in [1.807, 2.05) is 80.6 Å². The molecule has 2 aromatic heterocycles. The van der Waals surface area contributed by atoms with Gasteiger partial charge in [-0.05, 0) is 54.8 Å². The van der Waals surface area contributed by atoms with Crippen molar-refractivity contribution in [2.45, 2.75) is 31.2 Å². The number of aromatic nitrogens is 4. The Bertz CT molecular complexity index is 1470. The van der Waals surface area contributed by atoms with Crippen molar-refractivity contribution in [1.82, 2.24) is 19.7 Å². The molecule has 3 aromatic carbocycles. The molecule has 0 saturated heterocycles. The van der Waals surface area contributed by atoms with Gasteiger partial charge in [-0.1, -0.05) is 65.4 Å². The summed E-state index contributed by atoms with van der Waals surface area (Å²) in [6, 6.07) is 23.5. The Balaban J connectivity index is 1.48. The third kappa shape index (κ3) is 4.59. The molecule has 0 spiro atoms. The molecule has 33 heavy (non-hydrogen) atoms. The second kappa shape index (κ2) is 9.03. The molecule has 2 heterocycles. The van der Waals surface area contributed by atoms with Gasteiger partial charge in [-0.25, -0.2) is 4.98 Å². The number of benzene rings is 3. The molecule has 0 amide bonds. The van der Waals surface area contributed by atoms with Crippen LogP contribution in [0.15, 0.2) is 87.3 Å². The molecule has 6 nitrogen and oxygen atoms in total. The van der Waals surface area contributed by atoms with Crippen molar-refractivity contribution in [1.29, 1.82) is 0 Å². The monoisotopic (exact) mass is 454 g/mol. The van der Waals surface area contributed by atoms with Crippen LogP contribution in [0.1, 0.15) is 28.4 Å².